The van der Waals surface area contributed by atoms with Gasteiger partial charge < -0.3 is 9.15 Å². The Morgan fingerprint density at radius 2 is 2.29 bits per heavy atom. The van der Waals surface area contributed by atoms with E-state index in [9.17, 15) is 4.79 Å². The molecule has 1 aliphatic heterocycles. The van der Waals surface area contributed by atoms with Gasteiger partial charge in [-0.3, -0.25) is 9.69 Å². The third kappa shape index (κ3) is 2.61. The molecule has 0 saturated heterocycles. The minimum absolute atomic E-state index is 0.121. The quantitative estimate of drug-likeness (QED) is 0.867. The summed E-state index contributed by atoms with van der Waals surface area (Å²) < 4.78 is 10.3. The molecule has 21 heavy (non-hydrogen) atoms. The van der Waals surface area contributed by atoms with Crippen LogP contribution in [0.5, 0.6) is 6.08 Å². The van der Waals surface area contributed by atoms with E-state index >= 15 is 0 Å². The molecular weight excluding hydrogens is 270 g/mol. The van der Waals surface area contributed by atoms with Gasteiger partial charge in [-0.2, -0.15) is 4.98 Å². The summed E-state index contributed by atoms with van der Waals surface area (Å²) in [4.78, 5) is 22.8. The maximum atomic E-state index is 12.6. The van der Waals surface area contributed by atoms with Crippen LogP contribution in [0.25, 0.3) is 0 Å². The van der Waals surface area contributed by atoms with Crippen LogP contribution in [0.1, 0.15) is 35.1 Å². The Balaban J connectivity index is 1.90. The summed E-state index contributed by atoms with van der Waals surface area (Å²) >= 11 is 0. The van der Waals surface area contributed by atoms with Gasteiger partial charge in [0.25, 0.3) is 5.91 Å². The molecule has 2 aromatic heterocycles. The van der Waals surface area contributed by atoms with Gasteiger partial charge in [-0.05, 0) is 38.3 Å². The van der Waals surface area contributed by atoms with E-state index in [0.29, 0.717) is 13.2 Å². The van der Waals surface area contributed by atoms with Crippen molar-refractivity contribution in [3.8, 4) is 6.08 Å². The number of aryl methyl sites for hydroxylation is 2. The Labute approximate surface area is 122 Å². The normalized spacial score (nSPS) is 13.9. The van der Waals surface area contributed by atoms with Gasteiger partial charge in [-0.25, -0.2) is 4.98 Å². The fraction of sp³-hybridized carbons (Fsp3) is 0.400. The highest BCUT2D eigenvalue weighted by molar-refractivity contribution is 6.04. The molecular formula is C15H17N3O3. The number of fused-ring (bicyclic) bond motifs is 1. The average Bonchev–Trinajstić information content (AvgIpc) is 2.95. The molecule has 6 nitrogen and oxygen atoms in total. The van der Waals surface area contributed by atoms with Gasteiger partial charge in [0, 0.05) is 12.2 Å². The van der Waals surface area contributed by atoms with Crippen LogP contribution in [0.15, 0.2) is 22.8 Å². The van der Waals surface area contributed by atoms with Crippen LogP contribution in [0.2, 0.25) is 0 Å². The van der Waals surface area contributed by atoms with E-state index in [4.69, 9.17) is 9.15 Å². The van der Waals surface area contributed by atoms with E-state index < -0.39 is 0 Å². The van der Waals surface area contributed by atoms with Gasteiger partial charge in [-0.15, -0.1) is 0 Å². The van der Waals surface area contributed by atoms with Crippen molar-refractivity contribution in [2.75, 3.05) is 18.1 Å². The van der Waals surface area contributed by atoms with Crippen molar-refractivity contribution in [1.29, 1.82) is 0 Å². The predicted molar refractivity (Wildman–Crippen MR) is 76.6 cm³/mol. The Bertz CT molecular complexity index is 666. The van der Waals surface area contributed by atoms with Gasteiger partial charge >= 0.3 is 6.08 Å². The van der Waals surface area contributed by atoms with Crippen LogP contribution in [-0.2, 0) is 6.42 Å². The van der Waals surface area contributed by atoms with Crippen molar-refractivity contribution in [3.05, 3.63) is 35.3 Å². The van der Waals surface area contributed by atoms with E-state index in [1.807, 2.05) is 26.0 Å². The Kier molecular flexibility index (Phi) is 3.60. The van der Waals surface area contributed by atoms with Crippen LogP contribution >= 0.6 is 0 Å². The van der Waals surface area contributed by atoms with Crippen LogP contribution in [0.4, 0.5) is 5.82 Å². The number of rotatable bonds is 3. The molecule has 1 aliphatic rings. The molecule has 0 bridgehead atoms. The molecule has 0 fully saturated rings. The van der Waals surface area contributed by atoms with Crippen LogP contribution in [0, 0.1) is 6.92 Å². The fourth-order valence-corrected chi connectivity index (χ4v) is 2.42. The molecule has 0 saturated carbocycles. The van der Waals surface area contributed by atoms with E-state index in [1.165, 1.54) is 6.26 Å². The summed E-state index contributed by atoms with van der Waals surface area (Å²) in [5.74, 6) is 0.524. The number of carbonyl (C=O) groups is 1. The number of pyridine rings is 1. The van der Waals surface area contributed by atoms with Crippen LogP contribution < -0.4 is 9.64 Å². The maximum absolute atomic E-state index is 12.6. The summed E-state index contributed by atoms with van der Waals surface area (Å²) in [5.41, 5.74) is 2.23. The highest BCUT2D eigenvalue weighted by Crippen LogP contribution is 2.27. The minimum atomic E-state index is -0.205. The lowest BCUT2D eigenvalue weighted by Crippen LogP contribution is -2.36. The van der Waals surface area contributed by atoms with Crippen molar-refractivity contribution in [2.45, 2.75) is 26.7 Å². The lowest BCUT2D eigenvalue weighted by molar-refractivity contribution is 0.0979. The minimum Gasteiger partial charge on any atom is -0.450 e. The first-order valence-electron chi connectivity index (χ1n) is 7.05. The van der Waals surface area contributed by atoms with Gasteiger partial charge in [-0.1, -0.05) is 6.07 Å². The van der Waals surface area contributed by atoms with Crippen molar-refractivity contribution in [2.24, 2.45) is 0 Å². The van der Waals surface area contributed by atoms with Crippen molar-refractivity contribution in [1.82, 2.24) is 9.97 Å². The second-order valence-electron chi connectivity index (χ2n) is 4.93. The lowest BCUT2D eigenvalue weighted by atomic mass is 10.0. The summed E-state index contributed by atoms with van der Waals surface area (Å²) in [5, 5.41) is 0. The number of carbonyl (C=O) groups excluding carboxylic acids is 1. The molecule has 0 spiro atoms. The highest BCUT2D eigenvalue weighted by Gasteiger charge is 2.27. The Hall–Kier alpha value is -2.37. The SMILES string of the molecule is CCOc1nc(C(=O)N2CCCc3ccc(C)nc32)co1. The molecule has 110 valence electrons. The Morgan fingerprint density at radius 1 is 1.43 bits per heavy atom. The molecule has 0 aromatic carbocycles. The molecule has 0 radical (unpaired) electrons. The number of nitrogens with zero attached hydrogens (tertiary/aromatic N) is 3. The predicted octanol–water partition coefficient (Wildman–Crippen LogP) is 2.37. The number of hydrogen-bond donors (Lipinski definition) is 0. The molecule has 3 heterocycles. The number of ether oxygens (including phenoxy) is 1. The number of aromatic nitrogens is 2. The summed E-state index contributed by atoms with van der Waals surface area (Å²) in [6.45, 7) is 4.83. The first kappa shape index (κ1) is 13.6. The third-order valence-corrected chi connectivity index (χ3v) is 3.39. The maximum Gasteiger partial charge on any atom is 0.394 e. The largest absolute Gasteiger partial charge is 0.450 e. The topological polar surface area (TPSA) is 68.5 Å². The molecule has 6 heteroatoms. The zero-order valence-electron chi connectivity index (χ0n) is 12.1. The molecule has 0 atom stereocenters. The van der Waals surface area contributed by atoms with Gasteiger partial charge in [0.05, 0.1) is 6.61 Å². The van der Waals surface area contributed by atoms with Crippen molar-refractivity contribution >= 4 is 11.7 Å². The number of anilines is 1. The smallest absolute Gasteiger partial charge is 0.394 e. The second-order valence-corrected chi connectivity index (χ2v) is 4.93. The van der Waals surface area contributed by atoms with E-state index in [2.05, 4.69) is 9.97 Å². The standard InChI is InChI=1S/C15H17N3O3/c1-3-20-15-17-12(9-21-15)14(19)18-8-4-5-11-7-6-10(2)16-13(11)18/h6-7,9H,3-5,8H2,1-2H3. The molecule has 0 N–H and O–H groups in total. The van der Waals surface area contributed by atoms with Crippen LogP contribution in [0.3, 0.4) is 0 Å². The fourth-order valence-electron chi connectivity index (χ4n) is 2.42. The third-order valence-electron chi connectivity index (χ3n) is 3.39. The monoisotopic (exact) mass is 287 g/mol. The van der Waals surface area contributed by atoms with E-state index in [1.54, 1.807) is 4.90 Å². The molecule has 0 aliphatic carbocycles. The Morgan fingerprint density at radius 3 is 3.10 bits per heavy atom. The van der Waals surface area contributed by atoms with Gasteiger partial charge in [0.1, 0.15) is 12.1 Å². The van der Waals surface area contributed by atoms with Crippen molar-refractivity contribution < 1.29 is 13.9 Å². The number of amides is 1. The molecule has 0 unspecified atom stereocenters. The lowest BCUT2D eigenvalue weighted by Gasteiger charge is -2.27. The molecule has 1 amide bonds. The summed E-state index contributed by atoms with van der Waals surface area (Å²) in [6, 6.07) is 4.00. The summed E-state index contributed by atoms with van der Waals surface area (Å²) in [7, 11) is 0. The van der Waals surface area contributed by atoms with Gasteiger partial charge in [0.15, 0.2) is 5.69 Å². The first-order valence-corrected chi connectivity index (χ1v) is 7.05. The van der Waals surface area contributed by atoms with Crippen LogP contribution in [-0.4, -0.2) is 29.0 Å². The van der Waals surface area contributed by atoms with Crippen molar-refractivity contribution in [3.63, 3.8) is 0 Å². The first-order chi connectivity index (χ1) is 10.2. The number of oxazole rings is 1. The van der Waals surface area contributed by atoms with E-state index in [0.717, 1.165) is 29.9 Å². The van der Waals surface area contributed by atoms with Gasteiger partial charge in [0.2, 0.25) is 0 Å². The average molecular weight is 287 g/mol. The van der Waals surface area contributed by atoms with E-state index in [-0.39, 0.29) is 17.7 Å². The summed E-state index contributed by atoms with van der Waals surface area (Å²) in [6.07, 6.45) is 3.31. The molecule has 3 rings (SSSR count). The number of hydrogen-bond acceptors (Lipinski definition) is 5. The zero-order valence-corrected chi connectivity index (χ0v) is 12.1. The highest BCUT2D eigenvalue weighted by atomic mass is 16.6. The molecule has 2 aromatic rings. The zero-order chi connectivity index (χ0) is 14.8. The second kappa shape index (κ2) is 5.55.